The second kappa shape index (κ2) is 4.36. The molecule has 0 saturated heterocycles. The van der Waals surface area contributed by atoms with Crippen LogP contribution in [0.2, 0.25) is 0 Å². The van der Waals surface area contributed by atoms with Crippen molar-refractivity contribution in [2.24, 2.45) is 17.6 Å². The summed E-state index contributed by atoms with van der Waals surface area (Å²) in [5, 5.41) is 0. The van der Waals surface area contributed by atoms with Gasteiger partial charge in [0.2, 0.25) is 5.92 Å². The summed E-state index contributed by atoms with van der Waals surface area (Å²) >= 11 is 0. The van der Waals surface area contributed by atoms with E-state index in [-0.39, 0.29) is 0 Å². The van der Waals surface area contributed by atoms with Gasteiger partial charge in [-0.05, 0) is 38.6 Å². The normalized spacial score (nSPS) is 30.5. The van der Waals surface area contributed by atoms with Crippen LogP contribution in [0.25, 0.3) is 0 Å². The third-order valence-electron chi connectivity index (χ3n) is 3.07. The Balaban J connectivity index is 2.42. The van der Waals surface area contributed by atoms with Gasteiger partial charge in [-0.15, -0.1) is 0 Å². The Labute approximate surface area is 78.7 Å². The topological polar surface area (TPSA) is 26.0 Å². The fraction of sp³-hybridized carbons (Fsp3) is 1.00. The minimum atomic E-state index is -2.49. The summed E-state index contributed by atoms with van der Waals surface area (Å²) in [6.45, 7) is 1.68. The molecule has 0 aromatic carbocycles. The fourth-order valence-corrected chi connectivity index (χ4v) is 2.25. The molecule has 0 radical (unpaired) electrons. The van der Waals surface area contributed by atoms with E-state index in [0.717, 1.165) is 26.2 Å². The van der Waals surface area contributed by atoms with E-state index in [4.69, 9.17) is 5.73 Å². The van der Waals surface area contributed by atoms with E-state index in [0.29, 0.717) is 25.3 Å². The highest BCUT2D eigenvalue weighted by molar-refractivity contribution is 4.80. The van der Waals surface area contributed by atoms with Gasteiger partial charge in [0.15, 0.2) is 0 Å². The van der Waals surface area contributed by atoms with E-state index in [1.54, 1.807) is 0 Å². The monoisotopic (exact) mass is 191 g/mol. The maximum Gasteiger partial charge on any atom is 0.248 e. The smallest absolute Gasteiger partial charge is 0.248 e. The van der Waals surface area contributed by atoms with Crippen molar-refractivity contribution in [2.45, 2.75) is 45.0 Å². The molecule has 0 aliphatic heterocycles. The molecule has 2 atom stereocenters. The molecule has 2 N–H and O–H groups in total. The zero-order valence-corrected chi connectivity index (χ0v) is 8.23. The Hall–Kier alpha value is -0.180. The predicted octanol–water partition coefficient (Wildman–Crippen LogP) is 2.80. The molecule has 1 aliphatic rings. The highest BCUT2D eigenvalue weighted by Gasteiger charge is 2.37. The van der Waals surface area contributed by atoms with Crippen molar-refractivity contribution >= 4 is 0 Å². The molecule has 1 saturated carbocycles. The first-order valence-corrected chi connectivity index (χ1v) is 5.12. The molecule has 0 spiro atoms. The number of nitrogens with two attached hydrogens (primary N) is 1. The van der Waals surface area contributed by atoms with Crippen molar-refractivity contribution in [2.75, 3.05) is 6.54 Å². The van der Waals surface area contributed by atoms with Crippen molar-refractivity contribution in [1.82, 2.24) is 0 Å². The summed E-state index contributed by atoms with van der Waals surface area (Å²) in [6.07, 6.45) is 4.29. The van der Waals surface area contributed by atoms with E-state index in [1.165, 1.54) is 0 Å². The maximum absolute atomic E-state index is 13.0. The maximum atomic E-state index is 13.0. The average Bonchev–Trinajstić information content (AvgIpc) is 2.04. The molecule has 0 amide bonds. The second-order valence-corrected chi connectivity index (χ2v) is 4.26. The van der Waals surface area contributed by atoms with E-state index >= 15 is 0 Å². The quantitative estimate of drug-likeness (QED) is 0.729. The van der Waals surface area contributed by atoms with Gasteiger partial charge < -0.3 is 5.73 Å². The van der Waals surface area contributed by atoms with Gasteiger partial charge in [-0.1, -0.05) is 12.8 Å². The van der Waals surface area contributed by atoms with Crippen LogP contribution >= 0.6 is 0 Å². The van der Waals surface area contributed by atoms with Crippen molar-refractivity contribution in [3.63, 3.8) is 0 Å². The lowest BCUT2D eigenvalue weighted by molar-refractivity contribution is -0.0612. The minimum Gasteiger partial charge on any atom is -0.330 e. The molecule has 1 rings (SSSR count). The van der Waals surface area contributed by atoms with Crippen molar-refractivity contribution in [3.05, 3.63) is 0 Å². The number of alkyl halides is 2. The van der Waals surface area contributed by atoms with Crippen LogP contribution in [0.5, 0.6) is 0 Å². The molecular weight excluding hydrogens is 172 g/mol. The number of hydrogen-bond donors (Lipinski definition) is 1. The fourth-order valence-electron chi connectivity index (χ4n) is 2.25. The van der Waals surface area contributed by atoms with Crippen LogP contribution in [0, 0.1) is 11.8 Å². The molecular formula is C10H19F2N. The minimum absolute atomic E-state index is 0.405. The number of halogens is 2. The highest BCUT2D eigenvalue weighted by atomic mass is 19.3. The van der Waals surface area contributed by atoms with Crippen molar-refractivity contribution in [1.29, 1.82) is 0 Å². The average molecular weight is 191 g/mol. The molecule has 3 heteroatoms. The lowest BCUT2D eigenvalue weighted by Gasteiger charge is -2.32. The van der Waals surface area contributed by atoms with E-state index in [1.807, 2.05) is 0 Å². The number of rotatable bonds is 3. The van der Waals surface area contributed by atoms with E-state index in [9.17, 15) is 8.78 Å². The first-order chi connectivity index (χ1) is 6.04. The summed E-state index contributed by atoms with van der Waals surface area (Å²) in [7, 11) is 0. The van der Waals surface area contributed by atoms with Crippen LogP contribution in [0.3, 0.4) is 0 Å². The lowest BCUT2D eigenvalue weighted by Crippen LogP contribution is -2.30. The third-order valence-corrected chi connectivity index (χ3v) is 3.07. The van der Waals surface area contributed by atoms with E-state index in [2.05, 4.69) is 0 Å². The zero-order chi connectivity index (χ0) is 9.90. The molecule has 1 nitrogen and oxygen atoms in total. The van der Waals surface area contributed by atoms with Gasteiger partial charge in [-0.3, -0.25) is 0 Å². The van der Waals surface area contributed by atoms with Gasteiger partial charge in [-0.2, -0.15) is 0 Å². The molecule has 0 bridgehead atoms. The summed E-state index contributed by atoms with van der Waals surface area (Å²) < 4.78 is 26.0. The summed E-state index contributed by atoms with van der Waals surface area (Å²) in [5.41, 5.74) is 5.43. The van der Waals surface area contributed by atoms with Gasteiger partial charge in [0, 0.05) is 5.92 Å². The predicted molar refractivity (Wildman–Crippen MR) is 49.7 cm³/mol. The summed E-state index contributed by atoms with van der Waals surface area (Å²) in [5.74, 6) is -2.46. The highest BCUT2D eigenvalue weighted by Crippen LogP contribution is 2.39. The van der Waals surface area contributed by atoms with Gasteiger partial charge in [0.1, 0.15) is 0 Å². The van der Waals surface area contributed by atoms with E-state index < -0.39 is 11.8 Å². The Bertz CT molecular complexity index is 151. The molecule has 0 aromatic rings. The molecule has 0 heterocycles. The van der Waals surface area contributed by atoms with Crippen LogP contribution in [0.1, 0.15) is 39.0 Å². The van der Waals surface area contributed by atoms with Crippen molar-refractivity contribution in [3.8, 4) is 0 Å². The zero-order valence-electron chi connectivity index (χ0n) is 8.23. The van der Waals surface area contributed by atoms with Crippen LogP contribution in [-0.2, 0) is 0 Å². The van der Waals surface area contributed by atoms with Crippen molar-refractivity contribution < 1.29 is 8.78 Å². The third kappa shape index (κ3) is 3.22. The van der Waals surface area contributed by atoms with Crippen LogP contribution in [-0.4, -0.2) is 12.5 Å². The van der Waals surface area contributed by atoms with Gasteiger partial charge in [0.25, 0.3) is 0 Å². The van der Waals surface area contributed by atoms with Crippen LogP contribution in [0.15, 0.2) is 0 Å². The largest absolute Gasteiger partial charge is 0.330 e. The molecule has 2 unspecified atom stereocenters. The molecule has 1 aliphatic carbocycles. The van der Waals surface area contributed by atoms with Gasteiger partial charge in [-0.25, -0.2) is 8.78 Å². The standard InChI is InChI=1S/C10H19F2N/c1-10(11,12)9-4-2-3-8(7-9)5-6-13/h8-9H,2-7,13H2,1H3. The summed E-state index contributed by atoms with van der Waals surface area (Å²) in [4.78, 5) is 0. The Morgan fingerprint density at radius 1 is 1.38 bits per heavy atom. The Morgan fingerprint density at radius 3 is 2.62 bits per heavy atom. The van der Waals surface area contributed by atoms with Crippen LogP contribution < -0.4 is 5.73 Å². The number of hydrogen-bond acceptors (Lipinski definition) is 1. The summed E-state index contributed by atoms with van der Waals surface area (Å²) in [6, 6.07) is 0. The first kappa shape index (κ1) is 10.9. The molecule has 0 aromatic heterocycles. The van der Waals surface area contributed by atoms with Gasteiger partial charge in [0.05, 0.1) is 0 Å². The molecule has 1 fully saturated rings. The Kier molecular flexibility index (Phi) is 3.65. The lowest BCUT2D eigenvalue weighted by atomic mass is 9.77. The SMILES string of the molecule is CC(F)(F)C1CCCC(CCN)C1. The molecule has 13 heavy (non-hydrogen) atoms. The van der Waals surface area contributed by atoms with Gasteiger partial charge >= 0.3 is 0 Å². The van der Waals surface area contributed by atoms with Crippen LogP contribution in [0.4, 0.5) is 8.78 Å². The molecule has 78 valence electrons. The second-order valence-electron chi connectivity index (χ2n) is 4.26. The Morgan fingerprint density at radius 2 is 2.08 bits per heavy atom. The first-order valence-electron chi connectivity index (χ1n) is 5.12.